The van der Waals surface area contributed by atoms with Crippen LogP contribution >= 0.6 is 0 Å². The zero-order chi connectivity index (χ0) is 9.84. The first-order chi connectivity index (χ1) is 6.15. The first-order valence-corrected chi connectivity index (χ1v) is 3.66. The summed E-state index contributed by atoms with van der Waals surface area (Å²) in [5.41, 5.74) is 6.12. The van der Waals surface area contributed by atoms with E-state index in [9.17, 15) is 4.79 Å². The second-order valence-corrected chi connectivity index (χ2v) is 2.59. The van der Waals surface area contributed by atoms with E-state index in [1.54, 1.807) is 0 Å². The molecule has 0 bridgehead atoms. The lowest BCUT2D eigenvalue weighted by atomic mass is 10.1. The van der Waals surface area contributed by atoms with Crippen LogP contribution in [0.15, 0.2) is 10.8 Å². The van der Waals surface area contributed by atoms with Crippen molar-refractivity contribution in [3.05, 3.63) is 17.5 Å². The number of aliphatic hydroxyl groups is 1. The van der Waals surface area contributed by atoms with Crippen molar-refractivity contribution in [1.29, 1.82) is 0 Å². The van der Waals surface area contributed by atoms with Crippen LogP contribution in [-0.4, -0.2) is 27.4 Å². The van der Waals surface area contributed by atoms with Crippen molar-refractivity contribution < 1.29 is 19.5 Å². The van der Waals surface area contributed by atoms with Crippen LogP contribution in [0.5, 0.6) is 0 Å². The molecule has 1 rings (SSSR count). The zero-order valence-electron chi connectivity index (χ0n) is 6.80. The molecule has 0 amide bonds. The number of aromatic nitrogens is 1. The van der Waals surface area contributed by atoms with E-state index in [0.29, 0.717) is 11.3 Å². The molecule has 0 fully saturated rings. The number of carboxylic acids is 1. The topological polar surface area (TPSA) is 110 Å². The summed E-state index contributed by atoms with van der Waals surface area (Å²) < 4.78 is 4.56. The highest BCUT2D eigenvalue weighted by Gasteiger charge is 2.16. The lowest BCUT2D eigenvalue weighted by molar-refractivity contribution is -0.138. The van der Waals surface area contributed by atoms with E-state index in [4.69, 9.17) is 15.9 Å². The molecule has 0 aromatic carbocycles. The molecule has 1 aromatic heterocycles. The molecule has 0 aliphatic carbocycles. The van der Waals surface area contributed by atoms with E-state index in [2.05, 4.69) is 9.68 Å². The van der Waals surface area contributed by atoms with Crippen LogP contribution in [0.3, 0.4) is 0 Å². The lowest BCUT2D eigenvalue weighted by Crippen LogP contribution is -2.32. The first-order valence-electron chi connectivity index (χ1n) is 3.66. The molecule has 1 aromatic rings. The number of aliphatic carboxylic acids is 1. The van der Waals surface area contributed by atoms with Crippen molar-refractivity contribution in [2.24, 2.45) is 5.73 Å². The van der Waals surface area contributed by atoms with Crippen LogP contribution in [0.2, 0.25) is 0 Å². The van der Waals surface area contributed by atoms with Crippen LogP contribution in [0.25, 0.3) is 0 Å². The Hall–Kier alpha value is -1.40. The maximum Gasteiger partial charge on any atom is 0.320 e. The fourth-order valence-electron chi connectivity index (χ4n) is 0.873. The van der Waals surface area contributed by atoms with Crippen molar-refractivity contribution in [2.45, 2.75) is 19.1 Å². The molecular weight excluding hydrogens is 176 g/mol. The molecule has 6 nitrogen and oxygen atoms in total. The van der Waals surface area contributed by atoms with E-state index >= 15 is 0 Å². The average molecular weight is 186 g/mol. The van der Waals surface area contributed by atoms with Crippen molar-refractivity contribution in [3.8, 4) is 0 Å². The molecular formula is C7H10N2O4. The SMILES string of the molecule is NC(Cc1nocc1CO)C(=O)O. The summed E-state index contributed by atoms with van der Waals surface area (Å²) in [6.45, 7) is -0.231. The third-order valence-corrected chi connectivity index (χ3v) is 1.63. The Morgan fingerprint density at radius 3 is 3.00 bits per heavy atom. The van der Waals surface area contributed by atoms with Gasteiger partial charge in [-0.25, -0.2) is 0 Å². The Balaban J connectivity index is 2.68. The minimum Gasteiger partial charge on any atom is -0.480 e. The summed E-state index contributed by atoms with van der Waals surface area (Å²) in [5, 5.41) is 20.8. The minimum atomic E-state index is -1.10. The molecule has 1 atom stereocenters. The van der Waals surface area contributed by atoms with Crippen molar-refractivity contribution in [2.75, 3.05) is 0 Å². The van der Waals surface area contributed by atoms with Crippen LogP contribution in [0.4, 0.5) is 0 Å². The van der Waals surface area contributed by atoms with E-state index in [1.807, 2.05) is 0 Å². The summed E-state index contributed by atoms with van der Waals surface area (Å²) in [7, 11) is 0. The summed E-state index contributed by atoms with van der Waals surface area (Å²) in [5.74, 6) is -1.10. The van der Waals surface area contributed by atoms with Gasteiger partial charge in [-0.3, -0.25) is 4.79 Å². The summed E-state index contributed by atoms with van der Waals surface area (Å²) >= 11 is 0. The van der Waals surface area contributed by atoms with Gasteiger partial charge < -0.3 is 20.5 Å². The predicted molar refractivity (Wildman–Crippen MR) is 41.7 cm³/mol. The standard InChI is InChI=1S/C7H10N2O4/c8-5(7(11)12)1-6-4(2-10)3-13-9-6/h3,5,10H,1-2,8H2,(H,11,12). The van der Waals surface area contributed by atoms with E-state index in [-0.39, 0.29) is 13.0 Å². The Morgan fingerprint density at radius 2 is 2.46 bits per heavy atom. The monoisotopic (exact) mass is 186 g/mol. The number of hydrogen-bond acceptors (Lipinski definition) is 5. The smallest absolute Gasteiger partial charge is 0.320 e. The van der Waals surface area contributed by atoms with Crippen LogP contribution in [-0.2, 0) is 17.8 Å². The van der Waals surface area contributed by atoms with Gasteiger partial charge in [0.15, 0.2) is 0 Å². The van der Waals surface area contributed by atoms with Gasteiger partial charge in [-0.05, 0) is 0 Å². The molecule has 0 aliphatic heterocycles. The number of rotatable bonds is 4. The number of nitrogens with zero attached hydrogens (tertiary/aromatic N) is 1. The summed E-state index contributed by atoms with van der Waals surface area (Å²) in [4.78, 5) is 10.4. The van der Waals surface area contributed by atoms with Crippen LogP contribution in [0.1, 0.15) is 11.3 Å². The van der Waals surface area contributed by atoms with Crippen LogP contribution in [0, 0.1) is 0 Å². The summed E-state index contributed by atoms with van der Waals surface area (Å²) in [6.07, 6.45) is 1.33. The van der Waals surface area contributed by atoms with Gasteiger partial charge in [-0.15, -0.1) is 0 Å². The Bertz CT molecular complexity index is 296. The highest BCUT2D eigenvalue weighted by molar-refractivity contribution is 5.73. The number of carboxylic acid groups (broad SMARTS) is 1. The van der Waals surface area contributed by atoms with Gasteiger partial charge in [0.25, 0.3) is 0 Å². The second-order valence-electron chi connectivity index (χ2n) is 2.59. The molecule has 0 spiro atoms. The molecule has 72 valence electrons. The number of nitrogens with two attached hydrogens (primary N) is 1. The highest BCUT2D eigenvalue weighted by Crippen LogP contribution is 2.08. The Labute approximate surface area is 73.9 Å². The van der Waals surface area contributed by atoms with Gasteiger partial charge in [-0.1, -0.05) is 5.16 Å². The van der Waals surface area contributed by atoms with Gasteiger partial charge in [-0.2, -0.15) is 0 Å². The molecule has 1 heterocycles. The molecule has 0 radical (unpaired) electrons. The van der Waals surface area contributed by atoms with Gasteiger partial charge in [0.1, 0.15) is 12.3 Å². The highest BCUT2D eigenvalue weighted by atomic mass is 16.5. The first kappa shape index (κ1) is 9.69. The van der Waals surface area contributed by atoms with Crippen molar-refractivity contribution in [1.82, 2.24) is 5.16 Å². The maximum absolute atomic E-state index is 10.4. The quantitative estimate of drug-likeness (QED) is 0.563. The van der Waals surface area contributed by atoms with Crippen molar-refractivity contribution in [3.63, 3.8) is 0 Å². The molecule has 0 saturated carbocycles. The third-order valence-electron chi connectivity index (χ3n) is 1.63. The molecule has 0 aliphatic rings. The molecule has 6 heteroatoms. The zero-order valence-corrected chi connectivity index (χ0v) is 6.80. The van der Waals surface area contributed by atoms with E-state index < -0.39 is 12.0 Å². The lowest BCUT2D eigenvalue weighted by Gasteiger charge is -2.03. The fourth-order valence-corrected chi connectivity index (χ4v) is 0.873. The number of aliphatic hydroxyl groups excluding tert-OH is 1. The minimum absolute atomic E-state index is 0.0573. The Morgan fingerprint density at radius 1 is 1.77 bits per heavy atom. The van der Waals surface area contributed by atoms with Gasteiger partial charge in [0.2, 0.25) is 0 Å². The summed E-state index contributed by atoms with van der Waals surface area (Å²) in [6, 6.07) is -1.02. The second kappa shape index (κ2) is 4.01. The van der Waals surface area contributed by atoms with Crippen LogP contribution < -0.4 is 5.73 Å². The predicted octanol–water partition coefficient (Wildman–Crippen LogP) is -0.879. The normalized spacial score (nSPS) is 12.8. The van der Waals surface area contributed by atoms with E-state index in [1.165, 1.54) is 6.26 Å². The van der Waals surface area contributed by atoms with Gasteiger partial charge >= 0.3 is 5.97 Å². The molecule has 1 unspecified atom stereocenters. The molecule has 13 heavy (non-hydrogen) atoms. The fraction of sp³-hybridized carbons (Fsp3) is 0.429. The van der Waals surface area contributed by atoms with Crippen molar-refractivity contribution >= 4 is 5.97 Å². The average Bonchev–Trinajstić information content (AvgIpc) is 2.51. The van der Waals surface area contributed by atoms with Gasteiger partial charge in [0.05, 0.1) is 12.3 Å². The number of carbonyl (C=O) groups is 1. The largest absolute Gasteiger partial charge is 0.480 e. The third kappa shape index (κ3) is 2.27. The molecule has 0 saturated heterocycles. The number of hydrogen-bond donors (Lipinski definition) is 3. The maximum atomic E-state index is 10.4. The van der Waals surface area contributed by atoms with Gasteiger partial charge in [0, 0.05) is 12.0 Å². The van der Waals surface area contributed by atoms with E-state index in [0.717, 1.165) is 0 Å². The molecule has 4 N–H and O–H groups in total. The Kier molecular flexibility index (Phi) is 2.99.